The lowest BCUT2D eigenvalue weighted by Gasteiger charge is -2.25. The van der Waals surface area contributed by atoms with E-state index in [1.54, 1.807) is 6.08 Å². The van der Waals surface area contributed by atoms with Gasteiger partial charge in [-0.25, -0.2) is 8.42 Å². The maximum Gasteiger partial charge on any atom is 0.177 e. The standard InChI is InChI=1S/C16H20N2O2S2/c1-4-7-17-14-9-22(19,20)10-15(14)18(16(17)21)13-6-5-11(2)12(3)8-13/h4-6,8,14-15H,1,7,9-10H2,2-3H3/t14-,15-/m0/s1. The van der Waals surface area contributed by atoms with Gasteiger partial charge < -0.3 is 9.80 Å². The van der Waals surface area contributed by atoms with Gasteiger partial charge in [0.1, 0.15) is 0 Å². The van der Waals surface area contributed by atoms with Crippen LogP contribution >= 0.6 is 12.2 Å². The van der Waals surface area contributed by atoms with Crippen molar-refractivity contribution in [2.75, 3.05) is 23.0 Å². The third-order valence-corrected chi connectivity index (χ3v) is 6.70. The molecule has 2 aliphatic heterocycles. The number of fused-ring (bicyclic) bond motifs is 1. The minimum Gasteiger partial charge on any atom is -0.339 e. The molecule has 2 atom stereocenters. The van der Waals surface area contributed by atoms with Gasteiger partial charge in [-0.1, -0.05) is 12.1 Å². The number of thiocarbonyl (C=S) groups is 1. The average Bonchev–Trinajstić information content (AvgIpc) is 2.86. The molecule has 0 amide bonds. The molecule has 2 saturated heterocycles. The van der Waals surface area contributed by atoms with Crippen molar-refractivity contribution in [2.45, 2.75) is 25.9 Å². The van der Waals surface area contributed by atoms with E-state index in [1.807, 2.05) is 15.9 Å². The van der Waals surface area contributed by atoms with E-state index in [0.717, 1.165) is 5.69 Å². The van der Waals surface area contributed by atoms with Crippen molar-refractivity contribution in [3.05, 3.63) is 42.0 Å². The van der Waals surface area contributed by atoms with Crippen LogP contribution in [0.4, 0.5) is 5.69 Å². The third-order valence-electron chi connectivity index (χ3n) is 4.57. The summed E-state index contributed by atoms with van der Waals surface area (Å²) in [5.74, 6) is 0.339. The fourth-order valence-corrected chi connectivity index (χ4v) is 5.71. The summed E-state index contributed by atoms with van der Waals surface area (Å²) in [5, 5.41) is 0.702. The van der Waals surface area contributed by atoms with Crippen LogP contribution in [0, 0.1) is 13.8 Å². The van der Waals surface area contributed by atoms with Gasteiger partial charge in [-0.05, 0) is 49.3 Å². The number of aryl methyl sites for hydroxylation is 2. The molecular formula is C16H20N2O2S2. The van der Waals surface area contributed by atoms with Gasteiger partial charge in [0, 0.05) is 12.2 Å². The van der Waals surface area contributed by atoms with Crippen LogP contribution in [0.2, 0.25) is 0 Å². The fraction of sp³-hybridized carbons (Fsp3) is 0.438. The van der Waals surface area contributed by atoms with Gasteiger partial charge in [0.15, 0.2) is 14.9 Å². The van der Waals surface area contributed by atoms with Gasteiger partial charge in [-0.2, -0.15) is 0 Å². The van der Waals surface area contributed by atoms with Crippen LogP contribution in [0.1, 0.15) is 11.1 Å². The van der Waals surface area contributed by atoms with Crippen molar-refractivity contribution < 1.29 is 8.42 Å². The van der Waals surface area contributed by atoms with E-state index in [2.05, 4.69) is 32.6 Å². The van der Waals surface area contributed by atoms with Crippen LogP contribution in [0.3, 0.4) is 0 Å². The first-order valence-electron chi connectivity index (χ1n) is 7.32. The van der Waals surface area contributed by atoms with Crippen molar-refractivity contribution in [1.82, 2.24) is 4.90 Å². The minimum absolute atomic E-state index is 0.0721. The van der Waals surface area contributed by atoms with Gasteiger partial charge in [-0.3, -0.25) is 0 Å². The van der Waals surface area contributed by atoms with E-state index >= 15 is 0 Å². The second-order valence-electron chi connectivity index (χ2n) is 6.07. The van der Waals surface area contributed by atoms with Crippen LogP contribution < -0.4 is 4.90 Å². The van der Waals surface area contributed by atoms with Gasteiger partial charge in [0.05, 0.1) is 23.6 Å². The minimum atomic E-state index is -3.02. The van der Waals surface area contributed by atoms with Gasteiger partial charge in [0.2, 0.25) is 0 Å². The SMILES string of the molecule is C=CCN1C(=S)N(c2ccc(C)c(C)c2)[C@H]2CS(=O)(=O)C[C@@H]21. The number of benzene rings is 1. The van der Waals surface area contributed by atoms with Gasteiger partial charge in [0.25, 0.3) is 0 Å². The van der Waals surface area contributed by atoms with Crippen LogP contribution in [0.5, 0.6) is 0 Å². The number of hydrogen-bond acceptors (Lipinski definition) is 3. The molecule has 1 aromatic carbocycles. The molecule has 0 bridgehead atoms. The molecule has 22 heavy (non-hydrogen) atoms. The lowest BCUT2D eigenvalue weighted by Crippen LogP contribution is -2.37. The molecule has 6 heteroatoms. The Kier molecular flexibility index (Phi) is 3.77. The van der Waals surface area contributed by atoms with Crippen LogP contribution in [0.15, 0.2) is 30.9 Å². The summed E-state index contributed by atoms with van der Waals surface area (Å²) >= 11 is 5.62. The van der Waals surface area contributed by atoms with Crippen molar-refractivity contribution >= 4 is 32.9 Å². The Morgan fingerprint density at radius 2 is 1.95 bits per heavy atom. The van der Waals surface area contributed by atoms with E-state index in [9.17, 15) is 8.42 Å². The zero-order valence-corrected chi connectivity index (χ0v) is 14.5. The summed E-state index contributed by atoms with van der Waals surface area (Å²) in [6.45, 7) is 8.47. The fourth-order valence-electron chi connectivity index (χ4n) is 3.31. The van der Waals surface area contributed by atoms with Crippen LogP contribution in [0.25, 0.3) is 0 Å². The lowest BCUT2D eigenvalue weighted by molar-refractivity contribution is 0.389. The molecule has 0 spiro atoms. The zero-order valence-electron chi connectivity index (χ0n) is 12.8. The zero-order chi connectivity index (χ0) is 16.1. The van der Waals surface area contributed by atoms with E-state index < -0.39 is 9.84 Å². The third kappa shape index (κ3) is 2.44. The van der Waals surface area contributed by atoms with E-state index in [-0.39, 0.29) is 23.6 Å². The maximum atomic E-state index is 12.1. The molecule has 2 fully saturated rings. The van der Waals surface area contributed by atoms with Crippen molar-refractivity contribution in [3.63, 3.8) is 0 Å². The molecule has 3 rings (SSSR count). The Balaban J connectivity index is 2.04. The summed E-state index contributed by atoms with van der Waals surface area (Å²) < 4.78 is 24.2. The second kappa shape index (κ2) is 5.35. The smallest absolute Gasteiger partial charge is 0.177 e. The summed E-state index contributed by atoms with van der Waals surface area (Å²) in [5.41, 5.74) is 3.37. The molecule has 0 N–H and O–H groups in total. The topological polar surface area (TPSA) is 40.6 Å². The summed E-state index contributed by atoms with van der Waals surface area (Å²) in [6.07, 6.45) is 1.78. The maximum absolute atomic E-state index is 12.1. The Morgan fingerprint density at radius 3 is 2.59 bits per heavy atom. The highest BCUT2D eigenvalue weighted by Gasteiger charge is 2.51. The monoisotopic (exact) mass is 336 g/mol. The highest BCUT2D eigenvalue weighted by molar-refractivity contribution is 7.91. The summed E-state index contributed by atoms with van der Waals surface area (Å²) in [7, 11) is -3.02. The highest BCUT2D eigenvalue weighted by Crippen LogP contribution is 2.35. The number of nitrogens with zero attached hydrogens (tertiary/aromatic N) is 2. The van der Waals surface area contributed by atoms with Gasteiger partial charge >= 0.3 is 0 Å². The first kappa shape index (κ1) is 15.5. The molecule has 0 radical (unpaired) electrons. The Bertz CT molecular complexity index is 743. The molecule has 2 heterocycles. The van der Waals surface area contributed by atoms with Gasteiger partial charge in [-0.15, -0.1) is 6.58 Å². The normalized spacial score (nSPS) is 26.4. The Hall–Kier alpha value is -1.40. The lowest BCUT2D eigenvalue weighted by atomic mass is 10.1. The molecular weight excluding hydrogens is 316 g/mol. The highest BCUT2D eigenvalue weighted by atomic mass is 32.2. The van der Waals surface area contributed by atoms with E-state index in [4.69, 9.17) is 12.2 Å². The van der Waals surface area contributed by atoms with Crippen LogP contribution in [-0.2, 0) is 9.84 Å². The quantitative estimate of drug-likeness (QED) is 0.624. The molecule has 0 aromatic heterocycles. The Labute approximate surface area is 137 Å². The first-order valence-corrected chi connectivity index (χ1v) is 9.55. The van der Waals surface area contributed by atoms with Crippen molar-refractivity contribution in [3.8, 4) is 0 Å². The summed E-state index contributed by atoms with van der Waals surface area (Å²) in [4.78, 5) is 4.01. The van der Waals surface area contributed by atoms with E-state index in [0.29, 0.717) is 11.7 Å². The molecule has 0 unspecified atom stereocenters. The number of rotatable bonds is 3. The number of anilines is 1. The average molecular weight is 336 g/mol. The molecule has 0 aliphatic carbocycles. The predicted octanol–water partition coefficient (Wildman–Crippen LogP) is 2.06. The molecule has 2 aliphatic rings. The van der Waals surface area contributed by atoms with Crippen molar-refractivity contribution in [1.29, 1.82) is 0 Å². The number of sulfone groups is 1. The Morgan fingerprint density at radius 1 is 1.27 bits per heavy atom. The molecule has 1 aromatic rings. The number of hydrogen-bond donors (Lipinski definition) is 0. The molecule has 0 saturated carbocycles. The van der Waals surface area contributed by atoms with Crippen molar-refractivity contribution in [2.24, 2.45) is 0 Å². The largest absolute Gasteiger partial charge is 0.339 e. The summed E-state index contributed by atoms with van der Waals surface area (Å²) in [6, 6.07) is 5.99. The predicted molar refractivity (Wildman–Crippen MR) is 94.1 cm³/mol. The molecule has 4 nitrogen and oxygen atoms in total. The first-order chi connectivity index (χ1) is 10.3. The van der Waals surface area contributed by atoms with Crippen LogP contribution in [-0.4, -0.2) is 48.6 Å². The molecule has 118 valence electrons. The van der Waals surface area contributed by atoms with E-state index in [1.165, 1.54) is 11.1 Å². The second-order valence-corrected chi connectivity index (χ2v) is 8.59.